The number of rotatable bonds is 1. The summed E-state index contributed by atoms with van der Waals surface area (Å²) in [5.74, 6) is -0.789. The average molecular weight is 287 g/mol. The number of hydrogen-bond donors (Lipinski definition) is 2. The highest BCUT2D eigenvalue weighted by Crippen LogP contribution is 2.41. The Kier molecular flexibility index (Phi) is 5.07. The molecule has 0 saturated heterocycles. The van der Waals surface area contributed by atoms with Crippen LogP contribution in [0.25, 0.3) is 0 Å². The van der Waals surface area contributed by atoms with Crippen LogP contribution in [0.4, 0.5) is 0 Å². The second-order valence-corrected chi connectivity index (χ2v) is 6.69. The van der Waals surface area contributed by atoms with Crippen molar-refractivity contribution in [1.29, 1.82) is 0 Å². The molecule has 0 aliphatic carbocycles. The fraction of sp³-hybridized carbons (Fsp3) is 0.533. The number of phenolic OH excluding ortho intramolecular Hbond substituents is 1. The molecular formula is C15H23ClO3. The van der Waals surface area contributed by atoms with Crippen LogP contribution in [0.1, 0.15) is 63.0 Å². The predicted molar refractivity (Wildman–Crippen MR) is 79.7 cm³/mol. The number of halogens is 1. The largest absolute Gasteiger partial charge is 0.508 e. The van der Waals surface area contributed by atoms with Crippen molar-refractivity contribution in [2.75, 3.05) is 0 Å². The van der Waals surface area contributed by atoms with Gasteiger partial charge in [0.2, 0.25) is 0 Å². The molecule has 0 aliphatic heterocycles. The quantitative estimate of drug-likeness (QED) is 0.817. The van der Waals surface area contributed by atoms with E-state index in [9.17, 15) is 15.0 Å². The van der Waals surface area contributed by atoms with Gasteiger partial charge >= 0.3 is 5.97 Å². The minimum absolute atomic E-state index is 0. The van der Waals surface area contributed by atoms with E-state index in [1.54, 1.807) is 0 Å². The Morgan fingerprint density at radius 1 is 0.947 bits per heavy atom. The van der Waals surface area contributed by atoms with E-state index in [0.717, 1.165) is 5.56 Å². The topological polar surface area (TPSA) is 57.5 Å². The lowest BCUT2D eigenvalue weighted by Crippen LogP contribution is -2.25. The molecule has 0 bridgehead atoms. The first-order chi connectivity index (χ1) is 7.96. The predicted octanol–water partition coefficient (Wildman–Crippen LogP) is 4.11. The summed E-state index contributed by atoms with van der Waals surface area (Å²) >= 11 is 0. The smallest absolute Gasteiger partial charge is 0.335 e. The second kappa shape index (κ2) is 5.41. The van der Waals surface area contributed by atoms with Crippen LogP contribution in [-0.2, 0) is 10.8 Å². The summed E-state index contributed by atoms with van der Waals surface area (Å²) in [5.41, 5.74) is 1.05. The minimum Gasteiger partial charge on any atom is -0.508 e. The van der Waals surface area contributed by atoms with E-state index in [0.29, 0.717) is 5.56 Å². The van der Waals surface area contributed by atoms with Gasteiger partial charge in [0, 0.05) is 5.56 Å². The third kappa shape index (κ3) is 3.63. The molecule has 1 aromatic rings. The Hall–Kier alpha value is -1.22. The molecule has 0 unspecified atom stereocenters. The molecule has 0 heterocycles. The van der Waals surface area contributed by atoms with Crippen molar-refractivity contribution in [3.63, 3.8) is 0 Å². The van der Waals surface area contributed by atoms with Crippen LogP contribution < -0.4 is 0 Å². The summed E-state index contributed by atoms with van der Waals surface area (Å²) in [7, 11) is 0. The number of carboxylic acid groups (broad SMARTS) is 1. The minimum atomic E-state index is -0.953. The Morgan fingerprint density at radius 2 is 1.37 bits per heavy atom. The van der Waals surface area contributed by atoms with Crippen molar-refractivity contribution in [3.05, 3.63) is 28.8 Å². The molecule has 0 radical (unpaired) electrons. The van der Waals surface area contributed by atoms with Crippen LogP contribution in [-0.4, -0.2) is 16.2 Å². The standard InChI is InChI=1S/C15H22O3.ClH/c1-14(2,3)11-9(13(17)18)7-8-10(16)12(11)15(4,5)6;/h7-8,16H,1-6H3,(H,17,18);1H. The van der Waals surface area contributed by atoms with Gasteiger partial charge in [-0.05, 0) is 28.5 Å². The van der Waals surface area contributed by atoms with Crippen LogP contribution in [0.3, 0.4) is 0 Å². The fourth-order valence-corrected chi connectivity index (χ4v) is 2.31. The van der Waals surface area contributed by atoms with E-state index >= 15 is 0 Å². The van der Waals surface area contributed by atoms with Gasteiger partial charge in [0.1, 0.15) is 5.75 Å². The summed E-state index contributed by atoms with van der Waals surface area (Å²) in [4.78, 5) is 11.4. The summed E-state index contributed by atoms with van der Waals surface area (Å²) in [5, 5.41) is 19.4. The molecule has 0 spiro atoms. The number of aromatic carboxylic acids is 1. The van der Waals surface area contributed by atoms with Gasteiger partial charge in [-0.2, -0.15) is 0 Å². The Bertz CT molecular complexity index is 479. The lowest BCUT2D eigenvalue weighted by molar-refractivity contribution is 0.0694. The van der Waals surface area contributed by atoms with Crippen molar-refractivity contribution < 1.29 is 15.0 Å². The number of aromatic hydroxyl groups is 1. The van der Waals surface area contributed by atoms with E-state index < -0.39 is 5.97 Å². The first-order valence-corrected chi connectivity index (χ1v) is 6.06. The molecule has 0 saturated carbocycles. The monoisotopic (exact) mass is 286 g/mol. The van der Waals surface area contributed by atoms with E-state index in [1.807, 2.05) is 41.5 Å². The Labute approximate surface area is 121 Å². The SMILES string of the molecule is CC(C)(C)c1c(O)ccc(C(=O)O)c1C(C)(C)C.Cl. The number of phenols is 1. The summed E-state index contributed by atoms with van der Waals surface area (Å²) < 4.78 is 0. The molecule has 0 aromatic heterocycles. The lowest BCUT2D eigenvalue weighted by Gasteiger charge is -2.32. The molecular weight excluding hydrogens is 264 g/mol. The first-order valence-electron chi connectivity index (χ1n) is 6.06. The maximum atomic E-state index is 11.4. The normalized spacial score (nSPS) is 11.9. The van der Waals surface area contributed by atoms with E-state index in [4.69, 9.17) is 0 Å². The zero-order chi connectivity index (χ0) is 14.3. The fourth-order valence-electron chi connectivity index (χ4n) is 2.31. The zero-order valence-corrected chi connectivity index (χ0v) is 13.2. The molecule has 0 fully saturated rings. The van der Waals surface area contributed by atoms with Gasteiger partial charge < -0.3 is 10.2 Å². The van der Waals surface area contributed by atoms with Crippen molar-refractivity contribution in [2.24, 2.45) is 0 Å². The maximum Gasteiger partial charge on any atom is 0.335 e. The zero-order valence-electron chi connectivity index (χ0n) is 12.4. The molecule has 0 aliphatic rings. The van der Waals surface area contributed by atoms with E-state index in [2.05, 4.69) is 0 Å². The highest BCUT2D eigenvalue weighted by Gasteiger charge is 2.32. The van der Waals surface area contributed by atoms with Gasteiger partial charge in [0.25, 0.3) is 0 Å². The van der Waals surface area contributed by atoms with E-state index in [1.165, 1.54) is 12.1 Å². The number of carboxylic acids is 1. The van der Waals surface area contributed by atoms with Crippen molar-refractivity contribution in [3.8, 4) is 5.75 Å². The Morgan fingerprint density at radius 3 is 1.68 bits per heavy atom. The number of carbonyl (C=O) groups is 1. The van der Waals surface area contributed by atoms with Gasteiger partial charge in [-0.15, -0.1) is 12.4 Å². The molecule has 4 heteroatoms. The molecule has 3 nitrogen and oxygen atoms in total. The van der Waals surface area contributed by atoms with Gasteiger partial charge in [-0.3, -0.25) is 0 Å². The van der Waals surface area contributed by atoms with Gasteiger partial charge in [-0.1, -0.05) is 41.5 Å². The van der Waals surface area contributed by atoms with E-state index in [-0.39, 0.29) is 34.5 Å². The third-order valence-electron chi connectivity index (χ3n) is 2.91. The first kappa shape index (κ1) is 17.8. The summed E-state index contributed by atoms with van der Waals surface area (Å²) in [6, 6.07) is 2.95. The Balaban J connectivity index is 0.00000324. The average Bonchev–Trinajstić information content (AvgIpc) is 2.13. The number of benzene rings is 1. The molecule has 0 amide bonds. The lowest BCUT2D eigenvalue weighted by atomic mass is 9.72. The van der Waals surface area contributed by atoms with Crippen LogP contribution >= 0.6 is 12.4 Å². The highest BCUT2D eigenvalue weighted by atomic mass is 35.5. The van der Waals surface area contributed by atoms with Crippen molar-refractivity contribution in [2.45, 2.75) is 52.4 Å². The van der Waals surface area contributed by atoms with Crippen LogP contribution in [0, 0.1) is 0 Å². The van der Waals surface area contributed by atoms with Gasteiger partial charge in [0.15, 0.2) is 0 Å². The summed E-state index contributed by atoms with van der Waals surface area (Å²) in [6.45, 7) is 11.8. The van der Waals surface area contributed by atoms with Crippen molar-refractivity contribution >= 4 is 18.4 Å². The van der Waals surface area contributed by atoms with Crippen LogP contribution in [0.2, 0.25) is 0 Å². The van der Waals surface area contributed by atoms with Crippen LogP contribution in [0.5, 0.6) is 5.75 Å². The molecule has 0 atom stereocenters. The van der Waals surface area contributed by atoms with Gasteiger partial charge in [-0.25, -0.2) is 4.79 Å². The molecule has 108 valence electrons. The molecule has 19 heavy (non-hydrogen) atoms. The third-order valence-corrected chi connectivity index (χ3v) is 2.91. The summed E-state index contributed by atoms with van der Waals surface area (Å²) in [6.07, 6.45) is 0. The maximum absolute atomic E-state index is 11.4. The highest BCUT2D eigenvalue weighted by molar-refractivity contribution is 5.91. The molecule has 2 N–H and O–H groups in total. The molecule has 1 rings (SSSR count). The number of hydrogen-bond acceptors (Lipinski definition) is 2. The van der Waals surface area contributed by atoms with Crippen molar-refractivity contribution in [1.82, 2.24) is 0 Å². The molecule has 1 aromatic carbocycles. The van der Waals surface area contributed by atoms with Gasteiger partial charge in [0.05, 0.1) is 5.56 Å². The van der Waals surface area contributed by atoms with Crippen LogP contribution in [0.15, 0.2) is 12.1 Å². The second-order valence-electron chi connectivity index (χ2n) is 6.69.